The first-order valence-corrected chi connectivity index (χ1v) is 11.6. The van der Waals surface area contributed by atoms with Crippen LogP contribution < -0.4 is 4.74 Å². The van der Waals surface area contributed by atoms with Gasteiger partial charge in [0.05, 0.1) is 24.9 Å². The van der Waals surface area contributed by atoms with Crippen LogP contribution in [0.4, 0.5) is 0 Å². The lowest BCUT2D eigenvalue weighted by molar-refractivity contribution is -0.138. The third-order valence-electron chi connectivity index (χ3n) is 5.98. The number of aliphatic carboxylic acids is 1. The van der Waals surface area contributed by atoms with E-state index in [1.807, 2.05) is 48.2 Å². The van der Waals surface area contributed by atoms with Crippen LogP contribution in [0.2, 0.25) is 5.02 Å². The third-order valence-corrected chi connectivity index (χ3v) is 6.24. The van der Waals surface area contributed by atoms with E-state index in [0.29, 0.717) is 35.8 Å². The van der Waals surface area contributed by atoms with Crippen molar-refractivity contribution in [2.45, 2.75) is 19.9 Å². The Morgan fingerprint density at radius 1 is 1.11 bits per heavy atom. The Balaban J connectivity index is 1.70. The number of methoxy groups -OCH3 is 1. The van der Waals surface area contributed by atoms with Crippen molar-refractivity contribution < 1.29 is 19.4 Å². The van der Waals surface area contributed by atoms with Crippen LogP contribution in [-0.4, -0.2) is 51.6 Å². The van der Waals surface area contributed by atoms with Crippen molar-refractivity contribution in [3.63, 3.8) is 0 Å². The summed E-state index contributed by atoms with van der Waals surface area (Å²) in [6, 6.07) is 18.0. The van der Waals surface area contributed by atoms with E-state index in [2.05, 4.69) is 4.98 Å². The zero-order valence-corrected chi connectivity index (χ0v) is 20.3. The molecule has 0 unspecified atom stereocenters. The molecule has 2 aromatic heterocycles. The smallest absolute Gasteiger partial charge is 0.317 e. The van der Waals surface area contributed by atoms with Gasteiger partial charge in [-0.15, -0.1) is 0 Å². The molecule has 0 aliphatic heterocycles. The molecule has 0 aliphatic rings. The maximum atomic E-state index is 13.5. The number of fused-ring (bicyclic) bond motifs is 1. The van der Waals surface area contributed by atoms with Gasteiger partial charge in [0, 0.05) is 41.0 Å². The maximum absolute atomic E-state index is 13.5. The van der Waals surface area contributed by atoms with Crippen molar-refractivity contribution in [1.29, 1.82) is 0 Å². The van der Waals surface area contributed by atoms with Crippen LogP contribution in [0.1, 0.15) is 27.3 Å². The van der Waals surface area contributed by atoms with Crippen LogP contribution in [0.25, 0.3) is 10.9 Å². The molecule has 0 aliphatic carbocycles. The van der Waals surface area contributed by atoms with Gasteiger partial charge in [0.15, 0.2) is 0 Å². The highest BCUT2D eigenvalue weighted by molar-refractivity contribution is 6.30. The quantitative estimate of drug-likeness (QED) is 0.361. The minimum absolute atomic E-state index is 0.110. The van der Waals surface area contributed by atoms with E-state index in [1.165, 1.54) is 0 Å². The fraction of sp³-hybridized carbons (Fsp3) is 0.222. The van der Waals surface area contributed by atoms with Crippen molar-refractivity contribution in [1.82, 2.24) is 14.5 Å². The van der Waals surface area contributed by atoms with Gasteiger partial charge in [0.25, 0.3) is 5.91 Å². The molecule has 35 heavy (non-hydrogen) atoms. The number of carboxylic acids is 1. The predicted octanol–water partition coefficient (Wildman–Crippen LogP) is 4.82. The van der Waals surface area contributed by atoms with Crippen LogP contribution in [0.3, 0.4) is 0 Å². The number of pyridine rings is 1. The Morgan fingerprint density at radius 2 is 1.89 bits per heavy atom. The minimum atomic E-state index is -0.903. The highest BCUT2D eigenvalue weighted by Gasteiger charge is 2.21. The second kappa shape index (κ2) is 10.7. The molecule has 0 saturated carbocycles. The molecule has 2 heterocycles. The number of carboxylic acid groups (broad SMARTS) is 1. The molecule has 0 atom stereocenters. The summed E-state index contributed by atoms with van der Waals surface area (Å²) in [6.07, 6.45) is 2.25. The number of hydrogen-bond acceptors (Lipinski definition) is 5. The lowest BCUT2D eigenvalue weighted by atomic mass is 10.1. The first kappa shape index (κ1) is 24.4. The number of carbonyl (C=O) groups is 2. The number of aromatic nitrogens is 2. The number of nitrogens with zero attached hydrogens (tertiary/aromatic N) is 3. The number of ether oxygens (including phenoxy) is 1. The van der Waals surface area contributed by atoms with Gasteiger partial charge in [-0.05, 0) is 73.5 Å². The second-order valence-electron chi connectivity index (χ2n) is 8.27. The van der Waals surface area contributed by atoms with E-state index in [4.69, 9.17) is 16.3 Å². The van der Waals surface area contributed by atoms with Crippen LogP contribution in [0, 0.1) is 6.92 Å². The van der Waals surface area contributed by atoms with Crippen molar-refractivity contribution in [3.8, 4) is 5.75 Å². The number of benzene rings is 2. The summed E-state index contributed by atoms with van der Waals surface area (Å²) in [5, 5.41) is 10.9. The maximum Gasteiger partial charge on any atom is 0.317 e. The lowest BCUT2D eigenvalue weighted by Crippen LogP contribution is -2.31. The first-order valence-electron chi connectivity index (χ1n) is 11.2. The summed E-state index contributed by atoms with van der Waals surface area (Å²) in [7, 11) is 1.60. The molecule has 0 saturated heterocycles. The minimum Gasteiger partial charge on any atom is -0.497 e. The Labute approximate surface area is 208 Å². The van der Waals surface area contributed by atoms with Gasteiger partial charge in [-0.1, -0.05) is 17.7 Å². The first-order chi connectivity index (χ1) is 16.9. The van der Waals surface area contributed by atoms with Gasteiger partial charge in [-0.2, -0.15) is 0 Å². The molecule has 0 spiro atoms. The average molecular weight is 492 g/mol. The molecule has 0 amide bonds. The second-order valence-corrected chi connectivity index (χ2v) is 8.71. The lowest BCUT2D eigenvalue weighted by Gasteiger charge is -2.20. The van der Waals surface area contributed by atoms with Crippen molar-refractivity contribution in [3.05, 3.63) is 94.4 Å². The molecule has 1 N–H and O–H groups in total. The molecular formula is C27H26ClN3O4. The standard InChI is InChI=1S/C27H26ClN3O4/c1-18-23(12-14-30(17-26(32)33)16-21-5-3-4-13-29-21)24-15-22(35-2)10-11-25(24)31(18)27(34)19-6-8-20(28)9-7-19/h3-11,13,15H,12,14,16-17H2,1-2H3,(H,32,33). The molecular weight excluding hydrogens is 466 g/mol. The van der Waals surface area contributed by atoms with Crippen molar-refractivity contribution >= 4 is 34.4 Å². The Morgan fingerprint density at radius 3 is 2.54 bits per heavy atom. The van der Waals surface area contributed by atoms with E-state index < -0.39 is 5.97 Å². The molecule has 0 fully saturated rings. The molecule has 8 heteroatoms. The van der Waals surface area contributed by atoms with E-state index in [1.54, 1.807) is 42.1 Å². The topological polar surface area (TPSA) is 84.7 Å². The highest BCUT2D eigenvalue weighted by atomic mass is 35.5. The number of halogens is 1. The molecule has 4 rings (SSSR count). The molecule has 0 bridgehead atoms. The fourth-order valence-corrected chi connectivity index (χ4v) is 4.41. The normalized spacial score (nSPS) is 11.2. The van der Waals surface area contributed by atoms with Gasteiger partial charge in [0.2, 0.25) is 0 Å². The van der Waals surface area contributed by atoms with E-state index >= 15 is 0 Å². The Hall–Kier alpha value is -3.68. The third kappa shape index (κ3) is 5.53. The summed E-state index contributed by atoms with van der Waals surface area (Å²) in [6.45, 7) is 2.70. The summed E-state index contributed by atoms with van der Waals surface area (Å²) in [4.78, 5) is 31.2. The summed E-state index contributed by atoms with van der Waals surface area (Å²) in [5.41, 5.74) is 3.87. The van der Waals surface area contributed by atoms with Crippen LogP contribution in [0.15, 0.2) is 66.9 Å². The Kier molecular flexibility index (Phi) is 7.48. The fourth-order valence-electron chi connectivity index (χ4n) is 4.28. The molecule has 0 radical (unpaired) electrons. The van der Waals surface area contributed by atoms with Gasteiger partial charge in [-0.25, -0.2) is 0 Å². The molecule has 2 aromatic carbocycles. The van der Waals surface area contributed by atoms with Gasteiger partial charge >= 0.3 is 5.97 Å². The van der Waals surface area contributed by atoms with Crippen LogP contribution >= 0.6 is 11.6 Å². The summed E-state index contributed by atoms with van der Waals surface area (Å²) < 4.78 is 7.14. The van der Waals surface area contributed by atoms with E-state index in [-0.39, 0.29) is 12.5 Å². The molecule has 7 nitrogen and oxygen atoms in total. The predicted molar refractivity (Wildman–Crippen MR) is 135 cm³/mol. The van der Waals surface area contributed by atoms with Crippen molar-refractivity contribution in [2.75, 3.05) is 20.2 Å². The summed E-state index contributed by atoms with van der Waals surface area (Å²) in [5.74, 6) is -0.373. The van der Waals surface area contributed by atoms with Gasteiger partial charge in [0.1, 0.15) is 5.75 Å². The number of carbonyl (C=O) groups excluding carboxylic acids is 1. The Bertz CT molecular complexity index is 1350. The average Bonchev–Trinajstić information content (AvgIpc) is 3.13. The van der Waals surface area contributed by atoms with Crippen LogP contribution in [-0.2, 0) is 17.8 Å². The molecule has 4 aromatic rings. The summed E-state index contributed by atoms with van der Waals surface area (Å²) >= 11 is 6.01. The monoisotopic (exact) mass is 491 g/mol. The number of hydrogen-bond donors (Lipinski definition) is 1. The number of rotatable bonds is 9. The zero-order chi connectivity index (χ0) is 24.9. The van der Waals surface area contributed by atoms with Crippen molar-refractivity contribution in [2.24, 2.45) is 0 Å². The molecule has 180 valence electrons. The van der Waals surface area contributed by atoms with Crippen LogP contribution in [0.5, 0.6) is 5.75 Å². The van der Waals surface area contributed by atoms with E-state index in [9.17, 15) is 14.7 Å². The largest absolute Gasteiger partial charge is 0.497 e. The SMILES string of the molecule is COc1ccc2c(c1)c(CCN(CC(=O)O)Cc1ccccn1)c(C)n2C(=O)c1ccc(Cl)cc1. The van der Waals surface area contributed by atoms with E-state index in [0.717, 1.165) is 27.9 Å². The zero-order valence-electron chi connectivity index (χ0n) is 19.6. The highest BCUT2D eigenvalue weighted by Crippen LogP contribution is 2.31. The van der Waals surface area contributed by atoms with Gasteiger partial charge < -0.3 is 9.84 Å². The van der Waals surface area contributed by atoms with Gasteiger partial charge in [-0.3, -0.25) is 24.0 Å².